The van der Waals surface area contributed by atoms with Crippen molar-refractivity contribution in [3.8, 4) is 0 Å². The van der Waals surface area contributed by atoms with Crippen LogP contribution in [0.25, 0.3) is 0 Å². The molecule has 1 atom stereocenters. The fourth-order valence-electron chi connectivity index (χ4n) is 2.07. The first-order chi connectivity index (χ1) is 6.27. The van der Waals surface area contributed by atoms with E-state index >= 15 is 0 Å². The molecule has 2 rings (SSSR count). The highest BCUT2D eigenvalue weighted by atomic mass is 15.2. The number of rotatable bonds is 2. The lowest BCUT2D eigenvalue weighted by molar-refractivity contribution is 0.265. The zero-order chi connectivity index (χ0) is 9.26. The molecule has 0 bridgehead atoms. The topological polar surface area (TPSA) is 8.17 Å². The maximum Gasteiger partial charge on any atom is 0.0470 e. The third kappa shape index (κ3) is 1.78. The van der Waals surface area contributed by atoms with Crippen molar-refractivity contribution in [2.24, 2.45) is 0 Å². The Morgan fingerprint density at radius 2 is 1.92 bits per heavy atom. The smallest absolute Gasteiger partial charge is 0.0470 e. The minimum atomic E-state index is 0.695. The van der Waals surface area contributed by atoms with Crippen LogP contribution in [0.5, 0.6) is 0 Å². The van der Waals surface area contributed by atoms with Crippen molar-refractivity contribution < 1.29 is 0 Å². The molecular weight excluding hydrogens is 160 g/mol. The summed E-state index contributed by atoms with van der Waals surface area (Å²) in [5.74, 6) is 0. The van der Waals surface area contributed by atoms with Crippen molar-refractivity contribution in [1.82, 2.24) is 9.47 Å². The van der Waals surface area contributed by atoms with Gasteiger partial charge in [-0.25, -0.2) is 0 Å². The quantitative estimate of drug-likeness (QED) is 0.673. The second-order valence-corrected chi connectivity index (χ2v) is 4.16. The molecule has 2 heteroatoms. The maximum atomic E-state index is 2.55. The average Bonchev–Trinajstić information content (AvgIpc) is 2.75. The summed E-state index contributed by atoms with van der Waals surface area (Å²) in [6, 6.07) is 5.62. The Labute approximate surface area is 80.2 Å². The van der Waals surface area contributed by atoms with E-state index in [1.807, 2.05) is 0 Å². The lowest BCUT2D eigenvalue weighted by Crippen LogP contribution is -2.28. The van der Waals surface area contributed by atoms with Crippen molar-refractivity contribution in [3.63, 3.8) is 0 Å². The van der Waals surface area contributed by atoms with Gasteiger partial charge in [-0.05, 0) is 32.4 Å². The largest absolute Gasteiger partial charge is 0.350 e. The highest BCUT2D eigenvalue weighted by Crippen LogP contribution is 2.22. The van der Waals surface area contributed by atoms with Crippen LogP contribution >= 0.6 is 0 Å². The highest BCUT2D eigenvalue weighted by molar-refractivity contribution is 4.95. The summed E-state index contributed by atoms with van der Waals surface area (Å²) in [5, 5.41) is 0. The molecule has 0 radical (unpaired) electrons. The molecule has 0 aromatic carbocycles. The van der Waals surface area contributed by atoms with E-state index < -0.39 is 0 Å². The summed E-state index contributed by atoms with van der Waals surface area (Å²) in [5.41, 5.74) is 0. The number of likely N-dealkylation sites (tertiary alicyclic amines) is 1. The molecule has 0 spiro atoms. The van der Waals surface area contributed by atoms with Crippen molar-refractivity contribution in [3.05, 3.63) is 24.5 Å². The molecule has 1 saturated heterocycles. The van der Waals surface area contributed by atoms with Gasteiger partial charge in [0.25, 0.3) is 0 Å². The predicted octanol–water partition coefficient (Wildman–Crippen LogP) is 2.14. The molecular formula is C11H18N2. The van der Waals surface area contributed by atoms with E-state index in [4.69, 9.17) is 0 Å². The summed E-state index contributed by atoms with van der Waals surface area (Å²) in [4.78, 5) is 2.55. The van der Waals surface area contributed by atoms with E-state index in [0.717, 1.165) is 0 Å². The van der Waals surface area contributed by atoms with Gasteiger partial charge in [0.15, 0.2) is 0 Å². The number of aromatic nitrogens is 1. The van der Waals surface area contributed by atoms with E-state index in [9.17, 15) is 0 Å². The van der Waals surface area contributed by atoms with Crippen LogP contribution in [0.2, 0.25) is 0 Å². The second-order valence-electron chi connectivity index (χ2n) is 4.16. The molecule has 0 saturated carbocycles. The van der Waals surface area contributed by atoms with Crippen LogP contribution in [0.15, 0.2) is 24.5 Å². The zero-order valence-electron chi connectivity index (χ0n) is 8.48. The fourth-order valence-corrected chi connectivity index (χ4v) is 2.07. The summed E-state index contributed by atoms with van der Waals surface area (Å²) >= 11 is 0. The first kappa shape index (κ1) is 8.82. The Balaban J connectivity index is 1.99. The first-order valence-electron chi connectivity index (χ1n) is 5.14. The van der Waals surface area contributed by atoms with Crippen LogP contribution in [0, 0.1) is 0 Å². The fraction of sp³-hybridized carbons (Fsp3) is 0.636. The van der Waals surface area contributed by atoms with Crippen molar-refractivity contribution in [2.45, 2.75) is 32.4 Å². The SMILES string of the molecule is CC(C)N1CCC(n2cccc2)C1. The van der Waals surface area contributed by atoms with Gasteiger partial charge in [0.1, 0.15) is 0 Å². The molecule has 1 aromatic rings. The van der Waals surface area contributed by atoms with Gasteiger partial charge >= 0.3 is 0 Å². The average molecular weight is 178 g/mol. The van der Waals surface area contributed by atoms with Crippen molar-refractivity contribution in [2.75, 3.05) is 13.1 Å². The monoisotopic (exact) mass is 178 g/mol. The third-order valence-corrected chi connectivity index (χ3v) is 2.97. The molecule has 1 fully saturated rings. The van der Waals surface area contributed by atoms with Crippen molar-refractivity contribution in [1.29, 1.82) is 0 Å². The van der Waals surface area contributed by atoms with E-state index in [-0.39, 0.29) is 0 Å². The van der Waals surface area contributed by atoms with Gasteiger partial charge in [-0.2, -0.15) is 0 Å². The zero-order valence-corrected chi connectivity index (χ0v) is 8.48. The molecule has 2 heterocycles. The van der Waals surface area contributed by atoms with Gasteiger partial charge in [-0.1, -0.05) is 0 Å². The van der Waals surface area contributed by atoms with Crippen LogP contribution in [0.4, 0.5) is 0 Å². The Kier molecular flexibility index (Phi) is 2.40. The van der Waals surface area contributed by atoms with Gasteiger partial charge < -0.3 is 4.57 Å². The number of hydrogen-bond acceptors (Lipinski definition) is 1. The summed E-state index contributed by atoms with van der Waals surface area (Å²) in [6.07, 6.45) is 5.65. The Morgan fingerprint density at radius 1 is 1.23 bits per heavy atom. The molecule has 0 aliphatic carbocycles. The molecule has 0 amide bonds. The minimum Gasteiger partial charge on any atom is -0.350 e. The molecule has 1 aliphatic rings. The lowest BCUT2D eigenvalue weighted by atomic mass is 10.2. The Morgan fingerprint density at radius 3 is 2.46 bits per heavy atom. The third-order valence-electron chi connectivity index (χ3n) is 2.97. The molecule has 0 N–H and O–H groups in total. The second kappa shape index (κ2) is 3.54. The summed E-state index contributed by atoms with van der Waals surface area (Å²) in [7, 11) is 0. The van der Waals surface area contributed by atoms with E-state index in [1.54, 1.807) is 0 Å². The number of hydrogen-bond donors (Lipinski definition) is 0. The van der Waals surface area contributed by atoms with Gasteiger partial charge in [0.05, 0.1) is 0 Å². The summed E-state index contributed by atoms with van der Waals surface area (Å²) in [6.45, 7) is 7.02. The van der Waals surface area contributed by atoms with Crippen LogP contribution < -0.4 is 0 Å². The Hall–Kier alpha value is -0.760. The Bertz CT molecular complexity index is 251. The summed E-state index contributed by atoms with van der Waals surface area (Å²) < 4.78 is 2.34. The van der Waals surface area contributed by atoms with E-state index in [1.165, 1.54) is 19.5 Å². The molecule has 1 aliphatic heterocycles. The van der Waals surface area contributed by atoms with Crippen LogP contribution in [-0.4, -0.2) is 28.6 Å². The van der Waals surface area contributed by atoms with Gasteiger partial charge in [0, 0.05) is 37.6 Å². The maximum absolute atomic E-state index is 2.55. The van der Waals surface area contributed by atoms with Gasteiger partial charge in [0.2, 0.25) is 0 Å². The predicted molar refractivity (Wildman–Crippen MR) is 54.8 cm³/mol. The standard InChI is InChI=1S/C11H18N2/c1-10(2)13-8-5-11(9-13)12-6-3-4-7-12/h3-4,6-7,10-11H,5,8-9H2,1-2H3. The molecule has 72 valence electrons. The van der Waals surface area contributed by atoms with Crippen LogP contribution in [0.1, 0.15) is 26.3 Å². The van der Waals surface area contributed by atoms with Gasteiger partial charge in [-0.3, -0.25) is 4.90 Å². The normalized spacial score (nSPS) is 24.4. The highest BCUT2D eigenvalue weighted by Gasteiger charge is 2.24. The first-order valence-corrected chi connectivity index (χ1v) is 5.14. The molecule has 2 nitrogen and oxygen atoms in total. The van der Waals surface area contributed by atoms with E-state index in [2.05, 4.69) is 47.8 Å². The molecule has 1 unspecified atom stereocenters. The van der Waals surface area contributed by atoms with Crippen LogP contribution in [0.3, 0.4) is 0 Å². The van der Waals surface area contributed by atoms with E-state index in [0.29, 0.717) is 12.1 Å². The number of nitrogens with zero attached hydrogens (tertiary/aromatic N) is 2. The molecule has 1 aromatic heterocycles. The van der Waals surface area contributed by atoms with Crippen molar-refractivity contribution >= 4 is 0 Å². The lowest BCUT2D eigenvalue weighted by Gasteiger charge is -2.20. The van der Waals surface area contributed by atoms with Crippen LogP contribution in [-0.2, 0) is 0 Å². The minimum absolute atomic E-state index is 0.695. The molecule has 13 heavy (non-hydrogen) atoms. The van der Waals surface area contributed by atoms with Gasteiger partial charge in [-0.15, -0.1) is 0 Å².